The first-order valence-electron chi connectivity index (χ1n) is 6.37. The van der Waals surface area contributed by atoms with E-state index in [0.29, 0.717) is 0 Å². The van der Waals surface area contributed by atoms with Crippen molar-refractivity contribution in [1.82, 2.24) is 9.97 Å². The lowest BCUT2D eigenvalue weighted by atomic mass is 10.1. The highest BCUT2D eigenvalue weighted by Crippen LogP contribution is 2.25. The van der Waals surface area contributed by atoms with Crippen molar-refractivity contribution in [1.29, 1.82) is 0 Å². The highest BCUT2D eigenvalue weighted by molar-refractivity contribution is 5.67. The van der Waals surface area contributed by atoms with Crippen LogP contribution in [0.2, 0.25) is 0 Å². The predicted octanol–water partition coefficient (Wildman–Crippen LogP) is 3.45. The van der Waals surface area contributed by atoms with Crippen LogP contribution in [0.5, 0.6) is 0 Å². The van der Waals surface area contributed by atoms with Gasteiger partial charge in [0.25, 0.3) is 0 Å². The van der Waals surface area contributed by atoms with Crippen LogP contribution in [0.1, 0.15) is 24.7 Å². The molecule has 2 aromatic rings. The van der Waals surface area contributed by atoms with Crippen molar-refractivity contribution in [3.8, 4) is 11.3 Å². The summed E-state index contributed by atoms with van der Waals surface area (Å²) in [5, 5.41) is 3.15. The zero-order chi connectivity index (χ0) is 13.0. The maximum absolute atomic E-state index is 4.69. The first-order chi connectivity index (χ1) is 8.76. The molecule has 0 amide bonds. The Labute approximate surface area is 108 Å². The molecule has 0 aliphatic heterocycles. The molecule has 0 saturated heterocycles. The van der Waals surface area contributed by atoms with Crippen LogP contribution >= 0.6 is 0 Å². The average Bonchev–Trinajstić information content (AvgIpc) is 2.42. The third-order valence-electron chi connectivity index (χ3n) is 2.95. The Hall–Kier alpha value is -1.90. The van der Waals surface area contributed by atoms with Crippen molar-refractivity contribution in [2.45, 2.75) is 26.7 Å². The molecular weight excluding hydrogens is 222 g/mol. The molecule has 0 saturated carbocycles. The highest BCUT2D eigenvalue weighted by atomic mass is 15.0. The highest BCUT2D eigenvalue weighted by Gasteiger charge is 2.10. The maximum Gasteiger partial charge on any atom is 0.132 e. The van der Waals surface area contributed by atoms with Crippen LogP contribution < -0.4 is 5.32 Å². The molecule has 3 nitrogen and oxygen atoms in total. The van der Waals surface area contributed by atoms with Gasteiger partial charge in [-0.25, -0.2) is 9.97 Å². The Balaban J connectivity index is 2.55. The first-order valence-corrected chi connectivity index (χ1v) is 6.37. The number of aryl methyl sites for hydroxylation is 1. The van der Waals surface area contributed by atoms with Crippen LogP contribution in [-0.4, -0.2) is 17.0 Å². The number of aromatic nitrogens is 2. The SMILES string of the molecule is CCCc1nc(NC)c(C)c(-c2ccccc2)n1. The standard InChI is InChI=1S/C15H19N3/c1-4-8-13-17-14(11(2)15(16-3)18-13)12-9-6-5-7-10-12/h5-7,9-10H,4,8H2,1-3H3,(H,16,17,18). The molecule has 1 aromatic carbocycles. The topological polar surface area (TPSA) is 37.8 Å². The number of hydrogen-bond acceptors (Lipinski definition) is 3. The van der Waals surface area contributed by atoms with E-state index in [1.807, 2.05) is 25.2 Å². The third kappa shape index (κ3) is 2.50. The molecule has 0 radical (unpaired) electrons. The lowest BCUT2D eigenvalue weighted by Crippen LogP contribution is -2.05. The second-order valence-electron chi connectivity index (χ2n) is 4.33. The second-order valence-corrected chi connectivity index (χ2v) is 4.33. The molecule has 0 spiro atoms. The van der Waals surface area contributed by atoms with Gasteiger partial charge in [0.2, 0.25) is 0 Å². The van der Waals surface area contributed by atoms with Gasteiger partial charge < -0.3 is 5.32 Å². The predicted molar refractivity (Wildman–Crippen MR) is 75.7 cm³/mol. The summed E-state index contributed by atoms with van der Waals surface area (Å²) in [4.78, 5) is 9.23. The van der Waals surface area contributed by atoms with Crippen molar-refractivity contribution in [2.75, 3.05) is 12.4 Å². The zero-order valence-corrected chi connectivity index (χ0v) is 11.2. The van der Waals surface area contributed by atoms with Crippen LogP contribution in [0.25, 0.3) is 11.3 Å². The summed E-state index contributed by atoms with van der Waals surface area (Å²) in [5.41, 5.74) is 3.27. The fraction of sp³-hybridized carbons (Fsp3) is 0.333. The first kappa shape index (κ1) is 12.6. The molecule has 1 aromatic heterocycles. The summed E-state index contributed by atoms with van der Waals surface area (Å²) in [7, 11) is 1.90. The number of nitrogens with one attached hydrogen (secondary N) is 1. The smallest absolute Gasteiger partial charge is 0.132 e. The van der Waals surface area contributed by atoms with E-state index in [1.54, 1.807) is 0 Å². The summed E-state index contributed by atoms with van der Waals surface area (Å²) in [6.45, 7) is 4.20. The van der Waals surface area contributed by atoms with E-state index >= 15 is 0 Å². The molecule has 0 unspecified atom stereocenters. The maximum atomic E-state index is 4.69. The largest absolute Gasteiger partial charge is 0.373 e. The Morgan fingerprint density at radius 1 is 1.11 bits per heavy atom. The number of rotatable bonds is 4. The molecular formula is C15H19N3. The van der Waals surface area contributed by atoms with Gasteiger partial charge in [0.05, 0.1) is 5.69 Å². The van der Waals surface area contributed by atoms with Crippen LogP contribution in [0.3, 0.4) is 0 Å². The van der Waals surface area contributed by atoms with Crippen molar-refractivity contribution < 1.29 is 0 Å². The zero-order valence-electron chi connectivity index (χ0n) is 11.2. The van der Waals surface area contributed by atoms with Crippen molar-refractivity contribution in [2.24, 2.45) is 0 Å². The lowest BCUT2D eigenvalue weighted by Gasteiger charge is -2.12. The second kappa shape index (κ2) is 5.63. The number of hydrogen-bond donors (Lipinski definition) is 1. The normalized spacial score (nSPS) is 10.4. The minimum atomic E-state index is 0.909. The van der Waals surface area contributed by atoms with Gasteiger partial charge >= 0.3 is 0 Å². The molecule has 94 valence electrons. The minimum absolute atomic E-state index is 0.909. The summed E-state index contributed by atoms with van der Waals surface area (Å²) in [5.74, 6) is 1.83. The summed E-state index contributed by atoms with van der Waals surface area (Å²) in [6, 6.07) is 10.3. The Bertz CT molecular complexity index is 521. The van der Waals surface area contributed by atoms with E-state index in [2.05, 4.69) is 41.3 Å². The van der Waals surface area contributed by atoms with Gasteiger partial charge in [0.1, 0.15) is 11.6 Å². The average molecular weight is 241 g/mol. The Morgan fingerprint density at radius 3 is 2.44 bits per heavy atom. The van der Waals surface area contributed by atoms with E-state index in [-0.39, 0.29) is 0 Å². The molecule has 0 bridgehead atoms. The van der Waals surface area contributed by atoms with Gasteiger partial charge in [0.15, 0.2) is 0 Å². The molecule has 0 aliphatic rings. The Morgan fingerprint density at radius 2 is 1.83 bits per heavy atom. The summed E-state index contributed by atoms with van der Waals surface area (Å²) < 4.78 is 0. The van der Waals surface area contributed by atoms with E-state index in [9.17, 15) is 0 Å². The van der Waals surface area contributed by atoms with Gasteiger partial charge in [-0.15, -0.1) is 0 Å². The third-order valence-corrected chi connectivity index (χ3v) is 2.95. The Kier molecular flexibility index (Phi) is 3.92. The number of nitrogens with zero attached hydrogens (tertiary/aromatic N) is 2. The van der Waals surface area contributed by atoms with E-state index in [0.717, 1.165) is 41.3 Å². The lowest BCUT2D eigenvalue weighted by molar-refractivity contribution is 0.834. The molecule has 2 rings (SSSR count). The van der Waals surface area contributed by atoms with Crippen LogP contribution in [0, 0.1) is 6.92 Å². The van der Waals surface area contributed by atoms with E-state index < -0.39 is 0 Å². The van der Waals surface area contributed by atoms with Crippen molar-refractivity contribution >= 4 is 5.82 Å². The van der Waals surface area contributed by atoms with Gasteiger partial charge in [0, 0.05) is 24.6 Å². The molecule has 3 heteroatoms. The molecule has 0 atom stereocenters. The molecule has 1 heterocycles. The van der Waals surface area contributed by atoms with Gasteiger partial charge in [-0.2, -0.15) is 0 Å². The fourth-order valence-electron chi connectivity index (χ4n) is 2.02. The summed E-state index contributed by atoms with van der Waals surface area (Å²) >= 11 is 0. The molecule has 0 aliphatic carbocycles. The minimum Gasteiger partial charge on any atom is -0.373 e. The van der Waals surface area contributed by atoms with Gasteiger partial charge in [-0.1, -0.05) is 37.3 Å². The quantitative estimate of drug-likeness (QED) is 0.891. The van der Waals surface area contributed by atoms with Crippen LogP contribution in [0.15, 0.2) is 30.3 Å². The van der Waals surface area contributed by atoms with Crippen molar-refractivity contribution in [3.63, 3.8) is 0 Å². The van der Waals surface area contributed by atoms with Crippen LogP contribution in [-0.2, 0) is 6.42 Å². The number of anilines is 1. The van der Waals surface area contributed by atoms with E-state index in [4.69, 9.17) is 0 Å². The van der Waals surface area contributed by atoms with Gasteiger partial charge in [-0.3, -0.25) is 0 Å². The fourth-order valence-corrected chi connectivity index (χ4v) is 2.02. The molecule has 0 fully saturated rings. The monoisotopic (exact) mass is 241 g/mol. The van der Waals surface area contributed by atoms with Crippen molar-refractivity contribution in [3.05, 3.63) is 41.7 Å². The molecule has 1 N–H and O–H groups in total. The molecule has 18 heavy (non-hydrogen) atoms. The summed E-state index contributed by atoms with van der Waals surface area (Å²) in [6.07, 6.45) is 1.97. The van der Waals surface area contributed by atoms with Crippen LogP contribution in [0.4, 0.5) is 5.82 Å². The van der Waals surface area contributed by atoms with E-state index in [1.165, 1.54) is 0 Å². The van der Waals surface area contributed by atoms with Gasteiger partial charge in [-0.05, 0) is 13.3 Å². The number of benzene rings is 1.